The minimum absolute atomic E-state index is 0.0720. The number of anilines is 2. The zero-order chi connectivity index (χ0) is 31.4. The number of rotatable bonds is 10. The van der Waals surface area contributed by atoms with Crippen LogP contribution < -0.4 is 20.5 Å². The lowest BCUT2D eigenvalue weighted by molar-refractivity contribution is -0.139. The van der Waals surface area contributed by atoms with Crippen LogP contribution in [0.2, 0.25) is 10.0 Å². The first-order chi connectivity index (χ1) is 19.6. The molecule has 1 heterocycles. The third-order valence-corrected chi connectivity index (χ3v) is 7.08. The van der Waals surface area contributed by atoms with Crippen LogP contribution in [0.15, 0.2) is 59.5 Å². The fourth-order valence-electron chi connectivity index (χ4n) is 4.36. The summed E-state index contributed by atoms with van der Waals surface area (Å²) in [7, 11) is 1.49. The monoisotopic (exact) mass is 615 g/mol. The smallest absolute Gasteiger partial charge is 0.312 e. The van der Waals surface area contributed by atoms with Gasteiger partial charge in [0.1, 0.15) is 5.75 Å². The molecule has 2 N–H and O–H groups in total. The Kier molecular flexibility index (Phi) is 10.5. The average Bonchev–Trinajstić information content (AvgIpc) is 2.89. The van der Waals surface area contributed by atoms with Gasteiger partial charge in [0.15, 0.2) is 0 Å². The predicted molar refractivity (Wildman–Crippen MR) is 165 cm³/mol. The van der Waals surface area contributed by atoms with Gasteiger partial charge in [-0.1, -0.05) is 70.0 Å². The van der Waals surface area contributed by atoms with Gasteiger partial charge in [-0.15, -0.1) is 0 Å². The Morgan fingerprint density at radius 1 is 1.05 bits per heavy atom. The van der Waals surface area contributed by atoms with Gasteiger partial charge in [-0.25, -0.2) is 0 Å². The molecule has 0 saturated heterocycles. The molecule has 1 aromatic heterocycles. The van der Waals surface area contributed by atoms with Crippen molar-refractivity contribution in [3.8, 4) is 5.75 Å². The van der Waals surface area contributed by atoms with Gasteiger partial charge in [-0.2, -0.15) is 0 Å². The molecule has 224 valence electrons. The van der Waals surface area contributed by atoms with Crippen molar-refractivity contribution in [2.24, 2.45) is 11.3 Å². The van der Waals surface area contributed by atoms with E-state index in [0.29, 0.717) is 23.5 Å². The largest absolute Gasteiger partial charge is 0.495 e. The van der Waals surface area contributed by atoms with E-state index >= 15 is 0 Å². The number of hydrogen-bond acceptors (Lipinski definition) is 5. The zero-order valence-electron chi connectivity index (χ0n) is 24.4. The molecule has 0 radical (unpaired) electrons. The maximum Gasteiger partial charge on any atom is 0.312 e. The Labute approximate surface area is 255 Å². The maximum atomic E-state index is 13.4. The number of carboxylic acid groups (broad SMARTS) is 1. The van der Waals surface area contributed by atoms with Crippen LogP contribution >= 0.6 is 23.2 Å². The van der Waals surface area contributed by atoms with E-state index in [4.69, 9.17) is 27.9 Å². The number of carboxylic acids is 1. The normalized spacial score (nSPS) is 12.1. The van der Waals surface area contributed by atoms with E-state index in [2.05, 4.69) is 5.32 Å². The summed E-state index contributed by atoms with van der Waals surface area (Å²) in [6, 6.07) is 12.2. The Morgan fingerprint density at radius 2 is 1.69 bits per heavy atom. The second-order valence-electron chi connectivity index (χ2n) is 11.3. The van der Waals surface area contributed by atoms with Crippen molar-refractivity contribution < 1.29 is 24.2 Å². The summed E-state index contributed by atoms with van der Waals surface area (Å²) in [5, 5.41) is 13.1. The highest BCUT2D eigenvalue weighted by Gasteiger charge is 2.32. The van der Waals surface area contributed by atoms with Crippen LogP contribution in [0.4, 0.5) is 11.4 Å². The van der Waals surface area contributed by atoms with Gasteiger partial charge in [0, 0.05) is 36.5 Å². The summed E-state index contributed by atoms with van der Waals surface area (Å²) in [6.45, 7) is 9.64. The number of aromatic nitrogens is 1. The van der Waals surface area contributed by atoms with Crippen molar-refractivity contribution in [3.63, 3.8) is 0 Å². The number of amides is 2. The van der Waals surface area contributed by atoms with Crippen LogP contribution in [0.5, 0.6) is 5.75 Å². The quantitative estimate of drug-likeness (QED) is 0.275. The molecule has 0 aliphatic heterocycles. The number of aliphatic carboxylic acids is 1. The molecular formula is C31H35Cl2N3O6. The van der Waals surface area contributed by atoms with Crippen molar-refractivity contribution in [1.82, 2.24) is 4.57 Å². The highest BCUT2D eigenvalue weighted by molar-refractivity contribution is 6.40. The van der Waals surface area contributed by atoms with Crippen molar-refractivity contribution in [2.75, 3.05) is 23.9 Å². The number of hydrogen-bond donors (Lipinski definition) is 2. The van der Waals surface area contributed by atoms with E-state index < -0.39 is 28.8 Å². The number of nitrogens with zero attached hydrogens (tertiary/aromatic N) is 2. The molecule has 1 atom stereocenters. The Morgan fingerprint density at radius 3 is 2.21 bits per heavy atom. The van der Waals surface area contributed by atoms with E-state index in [9.17, 15) is 24.3 Å². The summed E-state index contributed by atoms with van der Waals surface area (Å²) in [6.07, 6.45) is 1.40. The molecule has 3 rings (SSSR count). The van der Waals surface area contributed by atoms with Crippen molar-refractivity contribution in [2.45, 2.75) is 47.1 Å². The van der Waals surface area contributed by atoms with Gasteiger partial charge in [0.05, 0.1) is 34.3 Å². The molecule has 2 amide bonds. The highest BCUT2D eigenvalue weighted by atomic mass is 35.5. The molecule has 0 aliphatic carbocycles. The van der Waals surface area contributed by atoms with Crippen LogP contribution in [0.3, 0.4) is 0 Å². The first-order valence-electron chi connectivity index (χ1n) is 13.3. The number of carbonyl (C=O) groups excluding carboxylic acids is 2. The molecule has 3 aromatic rings. The lowest BCUT2D eigenvalue weighted by Gasteiger charge is -2.32. The minimum Gasteiger partial charge on any atom is -0.495 e. The van der Waals surface area contributed by atoms with Gasteiger partial charge in [0.2, 0.25) is 5.91 Å². The molecule has 0 saturated carbocycles. The van der Waals surface area contributed by atoms with E-state index in [0.717, 1.165) is 0 Å². The lowest BCUT2D eigenvalue weighted by Crippen LogP contribution is -2.42. The van der Waals surface area contributed by atoms with Crippen LogP contribution in [0.25, 0.3) is 0 Å². The van der Waals surface area contributed by atoms with E-state index in [1.54, 1.807) is 29.2 Å². The fraction of sp³-hybridized carbons (Fsp3) is 0.355. The number of methoxy groups -OCH3 is 1. The molecule has 11 heteroatoms. The fourth-order valence-corrected chi connectivity index (χ4v) is 4.93. The zero-order valence-corrected chi connectivity index (χ0v) is 25.9. The van der Waals surface area contributed by atoms with Crippen molar-refractivity contribution in [3.05, 3.63) is 86.3 Å². The second-order valence-corrected chi connectivity index (χ2v) is 12.2. The van der Waals surface area contributed by atoms with Gasteiger partial charge in [-0.05, 0) is 41.8 Å². The summed E-state index contributed by atoms with van der Waals surface area (Å²) in [5.41, 5.74) is -0.0973. The summed E-state index contributed by atoms with van der Waals surface area (Å²) >= 11 is 12.2. The lowest BCUT2D eigenvalue weighted by atomic mass is 9.92. The molecule has 0 spiro atoms. The van der Waals surface area contributed by atoms with Crippen LogP contribution in [-0.4, -0.2) is 41.1 Å². The van der Waals surface area contributed by atoms with E-state index in [-0.39, 0.29) is 39.7 Å². The van der Waals surface area contributed by atoms with E-state index in [1.807, 2.05) is 34.6 Å². The van der Waals surface area contributed by atoms with Crippen LogP contribution in [-0.2, 0) is 16.1 Å². The van der Waals surface area contributed by atoms with Crippen LogP contribution in [0, 0.1) is 11.3 Å². The molecule has 1 unspecified atom stereocenters. The topological polar surface area (TPSA) is 118 Å². The number of halogens is 2. The molecule has 9 nitrogen and oxygen atoms in total. The summed E-state index contributed by atoms with van der Waals surface area (Å²) in [4.78, 5) is 53.2. The highest BCUT2D eigenvalue weighted by Crippen LogP contribution is 2.35. The minimum atomic E-state index is -1.15. The van der Waals surface area contributed by atoms with Crippen LogP contribution in [0.1, 0.15) is 56.5 Å². The van der Waals surface area contributed by atoms with Gasteiger partial charge in [0.25, 0.3) is 11.5 Å². The second kappa shape index (κ2) is 13.4. The van der Waals surface area contributed by atoms with Crippen molar-refractivity contribution >= 4 is 52.4 Å². The van der Waals surface area contributed by atoms with Gasteiger partial charge in [-0.3, -0.25) is 19.2 Å². The molecule has 0 aliphatic rings. The molecule has 0 fully saturated rings. The first kappa shape index (κ1) is 32.7. The standard InChI is InChI=1S/C31H35Cl2N3O6/c1-18(2)16-36(30(41)31(3,4)5)24-14-19(10-11-25(24)42-6)21(29(39)40)17-35-13-12-20(15-26(35)37)34-28(38)27-22(32)8-7-9-23(27)33/h7-15,18,21H,16-17H2,1-6H3,(H,34,38)(H,39,40). The van der Waals surface area contributed by atoms with Crippen molar-refractivity contribution in [1.29, 1.82) is 0 Å². The van der Waals surface area contributed by atoms with E-state index in [1.165, 1.54) is 42.1 Å². The summed E-state index contributed by atoms with van der Waals surface area (Å²) < 4.78 is 6.79. The molecule has 2 aromatic carbocycles. The Bertz CT molecular complexity index is 1520. The molecule has 0 bridgehead atoms. The van der Waals surface area contributed by atoms with Gasteiger partial charge < -0.3 is 24.6 Å². The molecule has 42 heavy (non-hydrogen) atoms. The Hall–Kier alpha value is -3.82. The summed E-state index contributed by atoms with van der Waals surface area (Å²) in [5.74, 6) is -2.44. The number of ether oxygens (including phenoxy) is 1. The number of carbonyl (C=O) groups is 3. The maximum absolute atomic E-state index is 13.4. The third-order valence-electron chi connectivity index (χ3n) is 6.45. The Balaban J connectivity index is 1.95. The number of benzene rings is 2. The first-order valence-corrected chi connectivity index (χ1v) is 14.1. The SMILES string of the molecule is COc1ccc(C(Cn2ccc(NC(=O)c3c(Cl)cccc3Cl)cc2=O)C(=O)O)cc1N(CC(C)C)C(=O)C(C)(C)C. The number of nitrogens with one attached hydrogen (secondary N) is 1. The third kappa shape index (κ3) is 7.72. The average molecular weight is 617 g/mol. The van der Waals surface area contributed by atoms with Gasteiger partial charge >= 0.3 is 5.97 Å². The predicted octanol–water partition coefficient (Wildman–Crippen LogP) is 6.32. The number of pyridine rings is 1. The molecular weight excluding hydrogens is 581 g/mol.